The van der Waals surface area contributed by atoms with Gasteiger partial charge in [-0.2, -0.15) is 0 Å². The van der Waals surface area contributed by atoms with Crippen molar-refractivity contribution in [3.8, 4) is 0 Å². The Hall–Kier alpha value is -2.73. The van der Waals surface area contributed by atoms with Gasteiger partial charge in [0.25, 0.3) is 5.91 Å². The first-order chi connectivity index (χ1) is 13.4. The highest BCUT2D eigenvalue weighted by Gasteiger charge is 2.46. The third kappa shape index (κ3) is 3.40. The second kappa shape index (κ2) is 7.36. The molecule has 2 aromatic carbocycles. The van der Waals surface area contributed by atoms with Crippen molar-refractivity contribution in [3.63, 3.8) is 0 Å². The van der Waals surface area contributed by atoms with Crippen LogP contribution in [0.15, 0.2) is 42.5 Å². The SMILES string of the molecule is Cc1ccc(N2C(=O)C[C@H]([NH+]3CCN(c4ccc(F)cc4)CC3)C2=O)c(C)c1. The van der Waals surface area contributed by atoms with Gasteiger partial charge in [0, 0.05) is 5.69 Å². The number of carbonyl (C=O) groups excluding carboxylic acids is 2. The molecule has 0 aliphatic carbocycles. The molecule has 0 radical (unpaired) electrons. The minimum absolute atomic E-state index is 0.0952. The van der Waals surface area contributed by atoms with Crippen molar-refractivity contribution in [3.05, 3.63) is 59.4 Å². The molecule has 2 heterocycles. The second-order valence-corrected chi connectivity index (χ2v) is 7.74. The van der Waals surface area contributed by atoms with E-state index in [2.05, 4.69) is 4.90 Å². The van der Waals surface area contributed by atoms with E-state index >= 15 is 0 Å². The number of aryl methyl sites for hydroxylation is 2. The summed E-state index contributed by atoms with van der Waals surface area (Å²) < 4.78 is 13.1. The van der Waals surface area contributed by atoms with Crippen LogP contribution in [0.25, 0.3) is 0 Å². The summed E-state index contributed by atoms with van der Waals surface area (Å²) >= 11 is 0. The van der Waals surface area contributed by atoms with Gasteiger partial charge in [-0.1, -0.05) is 17.7 Å². The summed E-state index contributed by atoms with van der Waals surface area (Å²) in [5.41, 5.74) is 3.75. The van der Waals surface area contributed by atoms with E-state index in [1.807, 2.05) is 32.0 Å². The van der Waals surface area contributed by atoms with E-state index in [9.17, 15) is 14.0 Å². The predicted octanol–water partition coefficient (Wildman–Crippen LogP) is 1.48. The van der Waals surface area contributed by atoms with Crippen molar-refractivity contribution in [2.24, 2.45) is 0 Å². The Kier molecular flexibility index (Phi) is 4.89. The summed E-state index contributed by atoms with van der Waals surface area (Å²) in [5.74, 6) is -0.452. The summed E-state index contributed by atoms with van der Waals surface area (Å²) in [6, 6.07) is 12.0. The minimum Gasteiger partial charge on any atom is -0.360 e. The highest BCUT2D eigenvalue weighted by atomic mass is 19.1. The lowest BCUT2D eigenvalue weighted by atomic mass is 10.1. The number of rotatable bonds is 3. The highest BCUT2D eigenvalue weighted by molar-refractivity contribution is 6.22. The van der Waals surface area contributed by atoms with Crippen LogP contribution >= 0.6 is 0 Å². The highest BCUT2D eigenvalue weighted by Crippen LogP contribution is 2.26. The maximum atomic E-state index is 13.1. The number of imide groups is 1. The Morgan fingerprint density at radius 1 is 1.00 bits per heavy atom. The van der Waals surface area contributed by atoms with Crippen LogP contribution in [0.4, 0.5) is 15.8 Å². The molecule has 1 N–H and O–H groups in total. The number of hydrogen-bond acceptors (Lipinski definition) is 3. The topological polar surface area (TPSA) is 45.1 Å². The van der Waals surface area contributed by atoms with E-state index in [0.717, 1.165) is 47.9 Å². The van der Waals surface area contributed by atoms with Crippen LogP contribution in [0.1, 0.15) is 17.5 Å². The molecule has 1 atom stereocenters. The molecule has 2 saturated heterocycles. The fraction of sp³-hybridized carbons (Fsp3) is 0.364. The van der Waals surface area contributed by atoms with E-state index in [1.54, 1.807) is 12.1 Å². The zero-order valence-electron chi connectivity index (χ0n) is 16.2. The third-order valence-electron chi connectivity index (χ3n) is 5.83. The standard InChI is InChI=1S/C22H24FN3O2/c1-15-3-8-19(16(2)13-15)26-21(27)14-20(22(26)28)25-11-9-24(10-12-25)18-6-4-17(23)5-7-18/h3-8,13,20H,9-12,14H2,1-2H3/p+1/t20-/m0/s1. The summed E-state index contributed by atoms with van der Waals surface area (Å²) in [6.07, 6.45) is 0.262. The number of benzene rings is 2. The summed E-state index contributed by atoms with van der Waals surface area (Å²) in [4.78, 5) is 30.4. The van der Waals surface area contributed by atoms with Crippen molar-refractivity contribution < 1.29 is 18.9 Å². The number of amides is 2. The smallest absolute Gasteiger partial charge is 0.292 e. The van der Waals surface area contributed by atoms with Crippen LogP contribution in [0, 0.1) is 19.7 Å². The lowest BCUT2D eigenvalue weighted by Gasteiger charge is -2.35. The molecule has 0 aromatic heterocycles. The van der Waals surface area contributed by atoms with Crippen LogP contribution in [0.5, 0.6) is 0 Å². The van der Waals surface area contributed by atoms with Crippen molar-refractivity contribution in [2.45, 2.75) is 26.3 Å². The van der Waals surface area contributed by atoms with Crippen LogP contribution in [-0.2, 0) is 9.59 Å². The first kappa shape index (κ1) is 18.6. The van der Waals surface area contributed by atoms with Crippen molar-refractivity contribution in [1.29, 1.82) is 0 Å². The molecule has 2 aromatic rings. The number of nitrogens with one attached hydrogen (secondary N) is 1. The van der Waals surface area contributed by atoms with Gasteiger partial charge in [-0.15, -0.1) is 0 Å². The van der Waals surface area contributed by atoms with Gasteiger partial charge in [0.15, 0.2) is 6.04 Å². The number of anilines is 2. The molecular weight excluding hydrogens is 357 g/mol. The number of piperazine rings is 1. The zero-order chi connectivity index (χ0) is 19.8. The third-order valence-corrected chi connectivity index (χ3v) is 5.83. The van der Waals surface area contributed by atoms with Crippen LogP contribution in [0.2, 0.25) is 0 Å². The average molecular weight is 382 g/mol. The van der Waals surface area contributed by atoms with Crippen molar-refractivity contribution in [1.82, 2.24) is 0 Å². The maximum Gasteiger partial charge on any atom is 0.292 e. The Balaban J connectivity index is 1.45. The molecule has 2 aliphatic heterocycles. The maximum absolute atomic E-state index is 13.1. The van der Waals surface area contributed by atoms with Crippen molar-refractivity contribution in [2.75, 3.05) is 36.0 Å². The first-order valence-corrected chi connectivity index (χ1v) is 9.73. The molecule has 0 bridgehead atoms. The molecule has 146 valence electrons. The normalized spacial score (nSPS) is 20.9. The van der Waals surface area contributed by atoms with E-state index in [0.29, 0.717) is 5.69 Å². The molecule has 2 fully saturated rings. The van der Waals surface area contributed by atoms with Gasteiger partial charge in [-0.3, -0.25) is 9.59 Å². The molecule has 28 heavy (non-hydrogen) atoms. The van der Waals surface area contributed by atoms with E-state index in [4.69, 9.17) is 0 Å². The molecule has 4 rings (SSSR count). The molecule has 0 saturated carbocycles. The van der Waals surface area contributed by atoms with Crippen molar-refractivity contribution >= 4 is 23.2 Å². The quantitative estimate of drug-likeness (QED) is 0.818. The van der Waals surface area contributed by atoms with Gasteiger partial charge in [0.05, 0.1) is 38.3 Å². The molecule has 2 aliphatic rings. The molecule has 0 spiro atoms. The van der Waals surface area contributed by atoms with Crippen LogP contribution in [-0.4, -0.2) is 44.0 Å². The summed E-state index contributed by atoms with van der Waals surface area (Å²) in [5, 5.41) is 0. The Morgan fingerprint density at radius 3 is 2.32 bits per heavy atom. The van der Waals surface area contributed by atoms with Gasteiger partial charge in [-0.25, -0.2) is 9.29 Å². The lowest BCUT2D eigenvalue weighted by molar-refractivity contribution is -0.915. The molecule has 2 amide bonds. The number of nitrogens with zero attached hydrogens (tertiary/aromatic N) is 2. The van der Waals surface area contributed by atoms with Gasteiger partial charge in [0.1, 0.15) is 5.82 Å². The predicted molar refractivity (Wildman–Crippen MR) is 106 cm³/mol. The monoisotopic (exact) mass is 382 g/mol. The fourth-order valence-corrected chi connectivity index (χ4v) is 4.31. The average Bonchev–Trinajstić information content (AvgIpc) is 2.97. The largest absolute Gasteiger partial charge is 0.360 e. The Bertz CT molecular complexity index is 904. The molecule has 5 nitrogen and oxygen atoms in total. The number of carbonyl (C=O) groups is 2. The lowest BCUT2D eigenvalue weighted by Crippen LogP contribution is -3.19. The second-order valence-electron chi connectivity index (χ2n) is 7.74. The van der Waals surface area contributed by atoms with Crippen LogP contribution in [0.3, 0.4) is 0 Å². The van der Waals surface area contributed by atoms with E-state index in [-0.39, 0.29) is 30.1 Å². The van der Waals surface area contributed by atoms with Crippen LogP contribution < -0.4 is 14.7 Å². The van der Waals surface area contributed by atoms with E-state index in [1.165, 1.54) is 17.0 Å². The van der Waals surface area contributed by atoms with Gasteiger partial charge >= 0.3 is 0 Å². The molecule has 0 unspecified atom stereocenters. The number of halogens is 1. The minimum atomic E-state index is -0.316. The molecular formula is C22H25FN3O2+. The number of quaternary nitrogens is 1. The van der Waals surface area contributed by atoms with Gasteiger partial charge in [0.2, 0.25) is 5.91 Å². The summed E-state index contributed by atoms with van der Waals surface area (Å²) in [6.45, 7) is 7.05. The Labute approximate surface area is 164 Å². The first-order valence-electron chi connectivity index (χ1n) is 9.73. The van der Waals surface area contributed by atoms with Gasteiger partial charge < -0.3 is 9.80 Å². The fourth-order valence-electron chi connectivity index (χ4n) is 4.31. The van der Waals surface area contributed by atoms with Gasteiger partial charge in [-0.05, 0) is 49.7 Å². The Morgan fingerprint density at radius 2 is 1.68 bits per heavy atom. The van der Waals surface area contributed by atoms with E-state index < -0.39 is 0 Å². The number of hydrogen-bond donors (Lipinski definition) is 1. The summed E-state index contributed by atoms with van der Waals surface area (Å²) in [7, 11) is 0. The zero-order valence-corrected chi connectivity index (χ0v) is 16.2. The molecule has 6 heteroatoms.